The molecule has 2 aromatic carbocycles. The molecule has 2 aromatic heterocycles. The maximum absolute atomic E-state index is 6.85. The number of hydrogen-bond donors (Lipinski definition) is 1. The Morgan fingerprint density at radius 2 is 1.72 bits per heavy atom. The zero-order valence-electron chi connectivity index (χ0n) is 20.2. The van der Waals surface area contributed by atoms with Gasteiger partial charge in [0.05, 0.1) is 11.0 Å². The first-order chi connectivity index (χ1) is 17.7. The van der Waals surface area contributed by atoms with Gasteiger partial charge in [0.25, 0.3) is 0 Å². The van der Waals surface area contributed by atoms with Crippen molar-refractivity contribution in [2.24, 2.45) is 11.1 Å². The molecule has 1 aliphatic carbocycles. The van der Waals surface area contributed by atoms with E-state index in [0.717, 1.165) is 56.4 Å². The first-order valence-electron chi connectivity index (χ1n) is 12.7. The molecule has 1 aliphatic heterocycles. The Morgan fingerprint density at radius 1 is 0.972 bits per heavy atom. The van der Waals surface area contributed by atoms with Gasteiger partial charge in [0, 0.05) is 33.6 Å². The van der Waals surface area contributed by atoms with E-state index in [4.69, 9.17) is 15.2 Å². The van der Waals surface area contributed by atoms with Crippen LogP contribution in [0.15, 0.2) is 71.9 Å². The molecular weight excluding hydrogens is 486 g/mol. The molecule has 0 saturated heterocycles. The van der Waals surface area contributed by atoms with Gasteiger partial charge in [-0.05, 0) is 74.3 Å². The van der Waals surface area contributed by atoms with Gasteiger partial charge < -0.3 is 15.2 Å². The van der Waals surface area contributed by atoms with Crippen LogP contribution >= 0.6 is 22.7 Å². The fourth-order valence-corrected chi connectivity index (χ4v) is 7.27. The normalized spacial score (nSPS) is 23.0. The Morgan fingerprint density at radius 3 is 2.42 bits per heavy atom. The third-order valence-electron chi connectivity index (χ3n) is 7.66. The van der Waals surface area contributed by atoms with E-state index in [9.17, 15) is 0 Å². The van der Waals surface area contributed by atoms with E-state index in [1.807, 2.05) is 29.5 Å². The minimum atomic E-state index is -0.0419. The number of ether oxygens (including phenoxy) is 2. The predicted octanol–water partition coefficient (Wildman–Crippen LogP) is 6.40. The Kier molecular flexibility index (Phi) is 6.78. The molecule has 3 heterocycles. The van der Waals surface area contributed by atoms with Crippen molar-refractivity contribution in [3.05, 3.63) is 92.8 Å². The van der Waals surface area contributed by atoms with Gasteiger partial charge in [-0.2, -0.15) is 0 Å². The van der Waals surface area contributed by atoms with E-state index in [0.29, 0.717) is 0 Å². The van der Waals surface area contributed by atoms with Crippen molar-refractivity contribution in [1.82, 2.24) is 9.97 Å². The molecule has 6 rings (SSSR count). The molecule has 5 nitrogen and oxygen atoms in total. The summed E-state index contributed by atoms with van der Waals surface area (Å²) in [5.41, 5.74) is 12.8. The van der Waals surface area contributed by atoms with Crippen molar-refractivity contribution in [2.75, 3.05) is 0 Å². The summed E-state index contributed by atoms with van der Waals surface area (Å²) in [6, 6.07) is 17.0. The number of fused-ring (bicyclic) bond motifs is 1. The molecule has 0 amide bonds. The van der Waals surface area contributed by atoms with Crippen LogP contribution < -0.4 is 15.2 Å². The summed E-state index contributed by atoms with van der Waals surface area (Å²) in [6.07, 6.45) is 10.9. The molecule has 186 valence electrons. The lowest BCUT2D eigenvalue weighted by molar-refractivity contribution is 0.000836. The molecule has 7 heteroatoms. The van der Waals surface area contributed by atoms with Crippen molar-refractivity contribution in [2.45, 2.75) is 63.2 Å². The van der Waals surface area contributed by atoms with Gasteiger partial charge in [-0.15, -0.1) is 22.7 Å². The minimum absolute atomic E-state index is 0.0186. The first-order valence-corrected chi connectivity index (χ1v) is 14.4. The highest BCUT2D eigenvalue weighted by atomic mass is 32.1. The zero-order chi connectivity index (χ0) is 24.4. The number of nitrogens with two attached hydrogens (primary N) is 1. The van der Waals surface area contributed by atoms with E-state index in [1.54, 1.807) is 22.7 Å². The molecule has 3 unspecified atom stereocenters. The number of nitrogens with zero attached hydrogens (tertiary/aromatic N) is 2. The van der Waals surface area contributed by atoms with E-state index in [-0.39, 0.29) is 23.7 Å². The number of aromatic nitrogens is 2. The smallest absolute Gasteiger partial charge is 0.124 e. The van der Waals surface area contributed by atoms with E-state index in [1.165, 1.54) is 20.9 Å². The molecule has 2 N–H and O–H groups in total. The van der Waals surface area contributed by atoms with Gasteiger partial charge in [0.15, 0.2) is 0 Å². The van der Waals surface area contributed by atoms with Crippen LogP contribution in [0.25, 0.3) is 0 Å². The lowest BCUT2D eigenvalue weighted by atomic mass is 9.66. The van der Waals surface area contributed by atoms with Gasteiger partial charge >= 0.3 is 0 Å². The van der Waals surface area contributed by atoms with Crippen molar-refractivity contribution >= 4 is 22.7 Å². The highest BCUT2D eigenvalue weighted by Crippen LogP contribution is 2.46. The van der Waals surface area contributed by atoms with Crippen molar-refractivity contribution in [1.29, 1.82) is 0 Å². The minimum Gasteiger partial charge on any atom is -0.490 e. The van der Waals surface area contributed by atoms with Gasteiger partial charge in [-0.1, -0.05) is 30.3 Å². The Balaban J connectivity index is 1.26. The third-order valence-corrected chi connectivity index (χ3v) is 9.22. The quantitative estimate of drug-likeness (QED) is 0.307. The monoisotopic (exact) mass is 517 g/mol. The molecule has 2 aliphatic rings. The Bertz CT molecular complexity index is 1220. The molecule has 1 fully saturated rings. The second-order valence-corrected chi connectivity index (χ2v) is 12.1. The van der Waals surface area contributed by atoms with Gasteiger partial charge in [0.1, 0.15) is 23.7 Å². The molecular formula is C29H31N3O2S2. The van der Waals surface area contributed by atoms with Crippen molar-refractivity contribution in [3.63, 3.8) is 0 Å². The van der Waals surface area contributed by atoms with E-state index in [2.05, 4.69) is 52.4 Å². The van der Waals surface area contributed by atoms with Crippen LogP contribution in [-0.4, -0.2) is 22.1 Å². The van der Waals surface area contributed by atoms with Crippen LogP contribution in [-0.2, 0) is 19.3 Å². The first kappa shape index (κ1) is 23.6. The fraction of sp³-hybridized carbons (Fsp3) is 0.379. The lowest BCUT2D eigenvalue weighted by Gasteiger charge is -2.45. The standard InChI is InChI=1S/C29H31N3O2S2/c30-22-10-11-29(14-24-16-31-18-35-24,15-25-17-32-19-36-25)28(13-22)33-23-7-9-27-21(12-23)6-8-26(34-27)20-4-2-1-3-5-20/h1-5,7,9,12,16-19,22,26,28H,6,8,10-11,13-15,30H2. The van der Waals surface area contributed by atoms with Crippen LogP contribution in [0, 0.1) is 5.41 Å². The SMILES string of the molecule is NC1CCC(Cc2cncs2)(Cc2cncs2)C(Oc2ccc3c(c2)CCC(c2ccccc2)O3)C1. The van der Waals surface area contributed by atoms with E-state index >= 15 is 0 Å². The topological polar surface area (TPSA) is 70.3 Å². The maximum Gasteiger partial charge on any atom is 0.124 e. The predicted molar refractivity (Wildman–Crippen MR) is 145 cm³/mol. The summed E-state index contributed by atoms with van der Waals surface area (Å²) in [7, 11) is 0. The number of benzene rings is 2. The molecule has 1 saturated carbocycles. The largest absolute Gasteiger partial charge is 0.490 e. The summed E-state index contributed by atoms with van der Waals surface area (Å²) >= 11 is 3.45. The lowest BCUT2D eigenvalue weighted by Crippen LogP contribution is -2.50. The molecule has 36 heavy (non-hydrogen) atoms. The summed E-state index contributed by atoms with van der Waals surface area (Å²) in [5, 5.41) is 0. The van der Waals surface area contributed by atoms with Crippen LogP contribution in [0.5, 0.6) is 11.5 Å². The Labute approximate surface area is 220 Å². The van der Waals surface area contributed by atoms with Gasteiger partial charge in [-0.3, -0.25) is 9.97 Å². The van der Waals surface area contributed by atoms with Crippen LogP contribution in [0.3, 0.4) is 0 Å². The summed E-state index contributed by atoms with van der Waals surface area (Å²) in [6.45, 7) is 0. The Hall–Kier alpha value is -2.74. The van der Waals surface area contributed by atoms with Crippen LogP contribution in [0.4, 0.5) is 0 Å². The van der Waals surface area contributed by atoms with Crippen LogP contribution in [0.2, 0.25) is 0 Å². The molecule has 4 aromatic rings. The highest BCUT2D eigenvalue weighted by Gasteiger charge is 2.45. The van der Waals surface area contributed by atoms with Gasteiger partial charge in [0.2, 0.25) is 0 Å². The van der Waals surface area contributed by atoms with Gasteiger partial charge in [-0.25, -0.2) is 0 Å². The average molecular weight is 518 g/mol. The molecule has 0 bridgehead atoms. The summed E-state index contributed by atoms with van der Waals surface area (Å²) in [5.74, 6) is 1.87. The van der Waals surface area contributed by atoms with E-state index < -0.39 is 0 Å². The molecule has 0 spiro atoms. The van der Waals surface area contributed by atoms with Crippen LogP contribution in [0.1, 0.15) is 52.7 Å². The van der Waals surface area contributed by atoms with Crippen molar-refractivity contribution < 1.29 is 9.47 Å². The molecule has 0 radical (unpaired) electrons. The summed E-state index contributed by atoms with van der Waals surface area (Å²) in [4.78, 5) is 11.3. The number of thiazole rings is 2. The number of rotatable bonds is 7. The average Bonchev–Trinajstić information content (AvgIpc) is 3.61. The zero-order valence-corrected chi connectivity index (χ0v) is 21.8. The summed E-state index contributed by atoms with van der Waals surface area (Å²) < 4.78 is 13.2. The number of hydrogen-bond acceptors (Lipinski definition) is 7. The number of aryl methyl sites for hydroxylation is 1. The third kappa shape index (κ3) is 5.05. The molecule has 3 atom stereocenters. The fourth-order valence-electron chi connectivity index (χ4n) is 5.77. The van der Waals surface area contributed by atoms with Crippen molar-refractivity contribution in [3.8, 4) is 11.5 Å². The maximum atomic E-state index is 6.85. The highest BCUT2D eigenvalue weighted by molar-refractivity contribution is 7.09. The second-order valence-electron chi connectivity index (χ2n) is 10.1. The second kappa shape index (κ2) is 10.3.